The monoisotopic (exact) mass is 437 g/mol. The molecule has 2 heterocycles. The summed E-state index contributed by atoms with van der Waals surface area (Å²) >= 11 is 2.63. The quantitative estimate of drug-likeness (QED) is 0.428. The molecule has 0 aliphatic heterocycles. The van der Waals surface area contributed by atoms with Crippen LogP contribution in [-0.2, 0) is 12.3 Å². The molecule has 0 atom stereocenters. The van der Waals surface area contributed by atoms with Gasteiger partial charge in [0.2, 0.25) is 10.9 Å². The van der Waals surface area contributed by atoms with Crippen LogP contribution < -0.4 is 5.32 Å². The van der Waals surface area contributed by atoms with Gasteiger partial charge in [-0.1, -0.05) is 70.6 Å². The van der Waals surface area contributed by atoms with E-state index in [2.05, 4.69) is 31.8 Å². The molecule has 1 amide bonds. The molecule has 2 aromatic carbocycles. The summed E-state index contributed by atoms with van der Waals surface area (Å²) in [5.41, 5.74) is 4.22. The first-order chi connectivity index (χ1) is 14.6. The van der Waals surface area contributed by atoms with Crippen molar-refractivity contribution in [2.45, 2.75) is 31.4 Å². The number of thioether (sulfide) groups is 1. The van der Waals surface area contributed by atoms with Gasteiger partial charge in [0.1, 0.15) is 5.01 Å². The zero-order valence-electron chi connectivity index (χ0n) is 16.5. The standard InChI is InChI=1S/C21H19N5O2S2/c1-13-8-14(2)10-16(9-13)19-24-26-21(28-19)29-12-17-23-25-20(30-17)18(27)22-11-15-6-4-3-5-7-15/h3-10H,11-12H2,1-2H3,(H,22,27). The number of hydrogen-bond acceptors (Lipinski definition) is 8. The number of carbonyl (C=O) groups excluding carboxylic acids is 1. The van der Waals surface area contributed by atoms with Crippen LogP contribution >= 0.6 is 23.1 Å². The number of nitrogens with one attached hydrogen (secondary N) is 1. The Labute approximate surface area is 182 Å². The second-order valence-corrected chi connectivity index (χ2v) is 8.70. The summed E-state index contributed by atoms with van der Waals surface area (Å²) < 4.78 is 5.76. The minimum atomic E-state index is -0.234. The lowest BCUT2D eigenvalue weighted by atomic mass is 10.1. The predicted octanol–water partition coefficient (Wildman–Crippen LogP) is 4.43. The molecule has 0 bridgehead atoms. The van der Waals surface area contributed by atoms with Crippen LogP contribution in [-0.4, -0.2) is 26.3 Å². The Hall–Kier alpha value is -3.04. The van der Waals surface area contributed by atoms with Crippen LogP contribution in [0.1, 0.15) is 31.5 Å². The minimum absolute atomic E-state index is 0.234. The number of rotatable bonds is 7. The molecule has 4 rings (SSSR count). The van der Waals surface area contributed by atoms with E-state index in [-0.39, 0.29) is 5.91 Å². The largest absolute Gasteiger partial charge is 0.411 e. The van der Waals surface area contributed by atoms with Gasteiger partial charge >= 0.3 is 0 Å². The molecular weight excluding hydrogens is 418 g/mol. The van der Waals surface area contributed by atoms with Crippen molar-refractivity contribution >= 4 is 29.0 Å². The average molecular weight is 438 g/mol. The van der Waals surface area contributed by atoms with Crippen molar-refractivity contribution in [3.63, 3.8) is 0 Å². The molecule has 4 aromatic rings. The molecule has 152 valence electrons. The van der Waals surface area contributed by atoms with Crippen LogP contribution in [0.2, 0.25) is 0 Å². The fourth-order valence-corrected chi connectivity index (χ4v) is 4.37. The van der Waals surface area contributed by atoms with Crippen molar-refractivity contribution in [3.05, 3.63) is 75.2 Å². The smallest absolute Gasteiger partial charge is 0.282 e. The highest BCUT2D eigenvalue weighted by Crippen LogP contribution is 2.27. The average Bonchev–Trinajstić information content (AvgIpc) is 3.40. The van der Waals surface area contributed by atoms with Gasteiger partial charge in [-0.15, -0.1) is 20.4 Å². The Morgan fingerprint density at radius 1 is 1.03 bits per heavy atom. The fourth-order valence-electron chi connectivity index (χ4n) is 2.86. The maximum atomic E-state index is 12.3. The number of benzene rings is 2. The summed E-state index contributed by atoms with van der Waals surface area (Å²) in [5, 5.41) is 20.7. The molecule has 0 aliphatic rings. The van der Waals surface area contributed by atoms with Crippen LogP contribution in [0.5, 0.6) is 0 Å². The van der Waals surface area contributed by atoms with Crippen LogP contribution in [0, 0.1) is 13.8 Å². The third kappa shape index (κ3) is 5.11. The van der Waals surface area contributed by atoms with E-state index >= 15 is 0 Å². The number of aryl methyl sites for hydroxylation is 2. The van der Waals surface area contributed by atoms with E-state index in [0.29, 0.717) is 28.4 Å². The van der Waals surface area contributed by atoms with Gasteiger partial charge < -0.3 is 9.73 Å². The normalized spacial score (nSPS) is 10.9. The van der Waals surface area contributed by atoms with Crippen molar-refractivity contribution < 1.29 is 9.21 Å². The summed E-state index contributed by atoms with van der Waals surface area (Å²) in [6, 6.07) is 15.8. The van der Waals surface area contributed by atoms with Gasteiger partial charge in [-0.05, 0) is 31.5 Å². The first-order valence-electron chi connectivity index (χ1n) is 9.26. The highest BCUT2D eigenvalue weighted by atomic mass is 32.2. The number of hydrogen-bond donors (Lipinski definition) is 1. The molecule has 0 saturated heterocycles. The van der Waals surface area contributed by atoms with E-state index in [0.717, 1.165) is 27.3 Å². The van der Waals surface area contributed by atoms with E-state index in [1.807, 2.05) is 56.3 Å². The Bertz CT molecular complexity index is 1140. The number of nitrogens with zero attached hydrogens (tertiary/aromatic N) is 4. The van der Waals surface area contributed by atoms with Crippen LogP contribution in [0.4, 0.5) is 0 Å². The third-order valence-electron chi connectivity index (χ3n) is 4.15. The van der Waals surface area contributed by atoms with Gasteiger partial charge in [0.15, 0.2) is 0 Å². The Balaban J connectivity index is 1.33. The van der Waals surface area contributed by atoms with E-state index in [1.165, 1.54) is 23.1 Å². The summed E-state index contributed by atoms with van der Waals surface area (Å²) in [7, 11) is 0. The maximum absolute atomic E-state index is 12.3. The summed E-state index contributed by atoms with van der Waals surface area (Å²) in [4.78, 5) is 12.3. The molecule has 2 aromatic heterocycles. The first-order valence-corrected chi connectivity index (χ1v) is 11.1. The SMILES string of the molecule is Cc1cc(C)cc(-c2nnc(SCc3nnc(C(=O)NCc4ccccc4)s3)o2)c1. The van der Waals surface area contributed by atoms with Crippen molar-refractivity contribution in [2.24, 2.45) is 0 Å². The number of aromatic nitrogens is 4. The molecular formula is C21H19N5O2S2. The Kier molecular flexibility index (Phi) is 6.20. The van der Waals surface area contributed by atoms with Crippen molar-refractivity contribution in [3.8, 4) is 11.5 Å². The highest BCUT2D eigenvalue weighted by molar-refractivity contribution is 7.98. The molecule has 7 nitrogen and oxygen atoms in total. The van der Waals surface area contributed by atoms with E-state index in [1.54, 1.807) is 0 Å². The fraction of sp³-hybridized carbons (Fsp3) is 0.190. The van der Waals surface area contributed by atoms with E-state index in [9.17, 15) is 4.79 Å². The molecule has 9 heteroatoms. The molecule has 0 saturated carbocycles. The molecule has 30 heavy (non-hydrogen) atoms. The second-order valence-electron chi connectivity index (χ2n) is 6.71. The number of carbonyl (C=O) groups is 1. The lowest BCUT2D eigenvalue weighted by Crippen LogP contribution is -2.22. The summed E-state index contributed by atoms with van der Waals surface area (Å²) in [6.07, 6.45) is 0. The van der Waals surface area contributed by atoms with Crippen molar-refractivity contribution in [1.82, 2.24) is 25.7 Å². The lowest BCUT2D eigenvalue weighted by Gasteiger charge is -2.01. The maximum Gasteiger partial charge on any atom is 0.282 e. The summed E-state index contributed by atoms with van der Waals surface area (Å²) in [6.45, 7) is 4.52. The van der Waals surface area contributed by atoms with E-state index in [4.69, 9.17) is 4.42 Å². The van der Waals surface area contributed by atoms with Gasteiger partial charge in [0, 0.05) is 12.1 Å². The van der Waals surface area contributed by atoms with Crippen LogP contribution in [0.15, 0.2) is 58.2 Å². The topological polar surface area (TPSA) is 93.8 Å². The van der Waals surface area contributed by atoms with Crippen molar-refractivity contribution in [2.75, 3.05) is 0 Å². The van der Waals surface area contributed by atoms with Gasteiger partial charge in [-0.2, -0.15) is 0 Å². The predicted molar refractivity (Wildman–Crippen MR) is 116 cm³/mol. The Morgan fingerprint density at radius 3 is 2.57 bits per heavy atom. The van der Waals surface area contributed by atoms with Crippen LogP contribution in [0.25, 0.3) is 11.5 Å². The van der Waals surface area contributed by atoms with Gasteiger partial charge in [-0.3, -0.25) is 4.79 Å². The lowest BCUT2D eigenvalue weighted by molar-refractivity contribution is 0.0950. The zero-order valence-corrected chi connectivity index (χ0v) is 18.1. The minimum Gasteiger partial charge on any atom is -0.411 e. The van der Waals surface area contributed by atoms with Gasteiger partial charge in [0.25, 0.3) is 11.1 Å². The zero-order chi connectivity index (χ0) is 20.9. The molecule has 0 unspecified atom stereocenters. The van der Waals surface area contributed by atoms with Crippen molar-refractivity contribution in [1.29, 1.82) is 0 Å². The molecule has 0 fully saturated rings. The van der Waals surface area contributed by atoms with Gasteiger partial charge in [-0.25, -0.2) is 0 Å². The summed E-state index contributed by atoms with van der Waals surface area (Å²) in [5.74, 6) is 0.753. The molecule has 0 aliphatic carbocycles. The third-order valence-corrected chi connectivity index (χ3v) is 6.09. The Morgan fingerprint density at radius 2 is 1.80 bits per heavy atom. The highest BCUT2D eigenvalue weighted by Gasteiger charge is 2.15. The van der Waals surface area contributed by atoms with Crippen LogP contribution in [0.3, 0.4) is 0 Å². The first kappa shape index (κ1) is 20.2. The second kappa shape index (κ2) is 9.19. The molecule has 0 spiro atoms. The van der Waals surface area contributed by atoms with Gasteiger partial charge in [0.05, 0.1) is 5.75 Å². The number of amides is 1. The van der Waals surface area contributed by atoms with E-state index < -0.39 is 0 Å². The molecule has 0 radical (unpaired) electrons. The molecule has 1 N–H and O–H groups in total.